The molecule has 2 nitrogen and oxygen atoms in total. The predicted octanol–water partition coefficient (Wildman–Crippen LogP) is 1.17. The second-order valence-electron chi connectivity index (χ2n) is 1.60. The second kappa shape index (κ2) is 5.54. The Labute approximate surface area is 55.5 Å². The Hall–Kier alpha value is -0.600. The summed E-state index contributed by atoms with van der Waals surface area (Å²) in [5.74, 6) is 0. The van der Waals surface area contributed by atoms with Crippen LogP contribution in [0, 0.1) is 0 Å². The van der Waals surface area contributed by atoms with Crippen molar-refractivity contribution in [3.05, 3.63) is 25.3 Å². The van der Waals surface area contributed by atoms with Crippen LogP contribution in [0.5, 0.6) is 0 Å². The lowest BCUT2D eigenvalue weighted by Gasteiger charge is -2.00. The molecule has 51 valence electrons. The van der Waals surface area contributed by atoms with Crippen molar-refractivity contribution in [2.45, 2.75) is 6.10 Å². The lowest BCUT2D eigenvalue weighted by Crippen LogP contribution is -2.09. The van der Waals surface area contributed by atoms with Crippen molar-refractivity contribution >= 4 is 0 Å². The van der Waals surface area contributed by atoms with Gasteiger partial charge in [0.25, 0.3) is 0 Å². The molecule has 0 N–H and O–H groups in total. The van der Waals surface area contributed by atoms with Gasteiger partial charge in [0.05, 0.1) is 13.2 Å². The van der Waals surface area contributed by atoms with E-state index in [9.17, 15) is 5.11 Å². The summed E-state index contributed by atoms with van der Waals surface area (Å²) >= 11 is 0. The zero-order valence-corrected chi connectivity index (χ0v) is 5.38. The molecule has 0 aromatic carbocycles. The molecular formula is C7H11O2. The third-order valence-electron chi connectivity index (χ3n) is 0.781. The van der Waals surface area contributed by atoms with Crippen molar-refractivity contribution in [2.75, 3.05) is 13.2 Å². The molecule has 0 bridgehead atoms. The normalized spacial score (nSPS) is 12.6. The molecule has 0 spiro atoms. The largest absolute Gasteiger partial charge is 0.374 e. The monoisotopic (exact) mass is 127 g/mol. The first-order valence-corrected chi connectivity index (χ1v) is 2.78. The summed E-state index contributed by atoms with van der Waals surface area (Å²) in [4.78, 5) is 0. The van der Waals surface area contributed by atoms with E-state index >= 15 is 0 Å². The molecule has 1 unspecified atom stereocenters. The molecule has 0 aliphatic rings. The summed E-state index contributed by atoms with van der Waals surface area (Å²) in [5.41, 5.74) is 0. The highest BCUT2D eigenvalue weighted by molar-refractivity contribution is 4.77. The maximum absolute atomic E-state index is 10.5. The fourth-order valence-corrected chi connectivity index (χ4v) is 0.336. The molecule has 0 amide bonds. The van der Waals surface area contributed by atoms with Crippen molar-refractivity contribution in [1.29, 1.82) is 0 Å². The summed E-state index contributed by atoms with van der Waals surface area (Å²) in [7, 11) is 0. The van der Waals surface area contributed by atoms with Gasteiger partial charge in [0.2, 0.25) is 0 Å². The fourth-order valence-electron chi connectivity index (χ4n) is 0.336. The van der Waals surface area contributed by atoms with Gasteiger partial charge in [-0.3, -0.25) is 0 Å². The molecule has 0 aliphatic heterocycles. The van der Waals surface area contributed by atoms with Gasteiger partial charge < -0.3 is 4.74 Å². The molecule has 0 heterocycles. The lowest BCUT2D eigenvalue weighted by molar-refractivity contribution is 0.0339. The van der Waals surface area contributed by atoms with Crippen molar-refractivity contribution < 1.29 is 9.84 Å². The van der Waals surface area contributed by atoms with Crippen LogP contribution in [0.4, 0.5) is 0 Å². The van der Waals surface area contributed by atoms with Gasteiger partial charge in [0.15, 0.2) is 0 Å². The van der Waals surface area contributed by atoms with E-state index in [0.717, 1.165) is 0 Å². The minimum Gasteiger partial charge on any atom is -0.374 e. The van der Waals surface area contributed by atoms with Gasteiger partial charge in [-0.1, -0.05) is 12.2 Å². The molecule has 2 heteroatoms. The molecule has 0 saturated heterocycles. The van der Waals surface area contributed by atoms with Crippen LogP contribution in [0.1, 0.15) is 0 Å². The van der Waals surface area contributed by atoms with E-state index in [1.165, 1.54) is 6.08 Å². The third-order valence-corrected chi connectivity index (χ3v) is 0.781. The molecule has 9 heavy (non-hydrogen) atoms. The Kier molecular flexibility index (Phi) is 5.17. The SMILES string of the molecule is C=CCOCC([O])C=C. The molecule has 1 radical (unpaired) electrons. The van der Waals surface area contributed by atoms with Gasteiger partial charge in [-0.2, -0.15) is 0 Å². The average Bonchev–Trinajstić information content (AvgIpc) is 1.89. The van der Waals surface area contributed by atoms with E-state index in [2.05, 4.69) is 13.2 Å². The number of hydrogen-bond acceptors (Lipinski definition) is 1. The van der Waals surface area contributed by atoms with Crippen molar-refractivity contribution in [2.24, 2.45) is 0 Å². The van der Waals surface area contributed by atoms with Crippen molar-refractivity contribution in [3.63, 3.8) is 0 Å². The van der Waals surface area contributed by atoms with Crippen molar-refractivity contribution in [3.8, 4) is 0 Å². The van der Waals surface area contributed by atoms with Gasteiger partial charge in [-0.15, -0.1) is 13.2 Å². The van der Waals surface area contributed by atoms with Gasteiger partial charge in [0, 0.05) is 0 Å². The van der Waals surface area contributed by atoms with E-state index < -0.39 is 6.10 Å². The Morgan fingerprint density at radius 2 is 2.22 bits per heavy atom. The predicted molar refractivity (Wildman–Crippen MR) is 35.7 cm³/mol. The van der Waals surface area contributed by atoms with E-state index in [0.29, 0.717) is 6.61 Å². The third kappa shape index (κ3) is 5.27. The van der Waals surface area contributed by atoms with Crippen LogP contribution in [0.2, 0.25) is 0 Å². The molecule has 0 rings (SSSR count). The first-order valence-electron chi connectivity index (χ1n) is 2.78. The Balaban J connectivity index is 3.05. The van der Waals surface area contributed by atoms with Gasteiger partial charge in [0.1, 0.15) is 6.10 Å². The highest BCUT2D eigenvalue weighted by Crippen LogP contribution is 1.85. The van der Waals surface area contributed by atoms with Gasteiger partial charge in [-0.05, 0) is 0 Å². The van der Waals surface area contributed by atoms with Crippen LogP contribution in [-0.4, -0.2) is 19.3 Å². The second-order valence-corrected chi connectivity index (χ2v) is 1.60. The van der Waals surface area contributed by atoms with E-state index in [4.69, 9.17) is 4.74 Å². The molecule has 1 atom stereocenters. The fraction of sp³-hybridized carbons (Fsp3) is 0.429. The molecule has 0 fully saturated rings. The molecular weight excluding hydrogens is 116 g/mol. The van der Waals surface area contributed by atoms with Crippen LogP contribution < -0.4 is 0 Å². The first-order chi connectivity index (χ1) is 4.31. The average molecular weight is 127 g/mol. The Bertz CT molecular complexity index is 88.9. The Morgan fingerprint density at radius 1 is 1.56 bits per heavy atom. The van der Waals surface area contributed by atoms with Crippen LogP contribution in [0.25, 0.3) is 0 Å². The smallest absolute Gasteiger partial charge is 0.134 e. The van der Waals surface area contributed by atoms with E-state index in [1.54, 1.807) is 6.08 Å². The lowest BCUT2D eigenvalue weighted by atomic mass is 10.4. The molecule has 0 aromatic rings. The molecule has 0 saturated carbocycles. The van der Waals surface area contributed by atoms with Crippen LogP contribution in [0.3, 0.4) is 0 Å². The highest BCUT2D eigenvalue weighted by Gasteiger charge is 1.96. The van der Waals surface area contributed by atoms with Crippen molar-refractivity contribution in [1.82, 2.24) is 0 Å². The zero-order valence-electron chi connectivity index (χ0n) is 5.38. The van der Waals surface area contributed by atoms with Gasteiger partial charge in [-0.25, -0.2) is 5.11 Å². The Morgan fingerprint density at radius 3 is 2.67 bits per heavy atom. The van der Waals surface area contributed by atoms with Crippen LogP contribution in [-0.2, 0) is 9.84 Å². The summed E-state index contributed by atoms with van der Waals surface area (Å²) in [6, 6.07) is 0. The maximum Gasteiger partial charge on any atom is 0.134 e. The zero-order chi connectivity index (χ0) is 7.11. The molecule has 0 aliphatic carbocycles. The number of rotatable bonds is 5. The first kappa shape index (κ1) is 8.40. The standard InChI is InChI=1S/C7H11O2/c1-3-5-9-6-7(8)4-2/h3-4,7H,1-2,5-6H2. The minimum absolute atomic E-state index is 0.190. The quantitative estimate of drug-likeness (QED) is 0.402. The topological polar surface area (TPSA) is 29.1 Å². The highest BCUT2D eigenvalue weighted by atomic mass is 16.5. The maximum atomic E-state index is 10.5. The van der Waals surface area contributed by atoms with E-state index in [-0.39, 0.29) is 6.61 Å². The number of hydrogen-bond donors (Lipinski definition) is 0. The molecule has 0 aromatic heterocycles. The summed E-state index contributed by atoms with van der Waals surface area (Å²) in [5, 5.41) is 10.5. The van der Waals surface area contributed by atoms with E-state index in [1.807, 2.05) is 0 Å². The number of ether oxygens (including phenoxy) is 1. The van der Waals surface area contributed by atoms with Crippen LogP contribution >= 0.6 is 0 Å². The summed E-state index contributed by atoms with van der Waals surface area (Å²) in [6.45, 7) is 7.38. The van der Waals surface area contributed by atoms with Crippen LogP contribution in [0.15, 0.2) is 25.3 Å². The minimum atomic E-state index is -0.801. The summed E-state index contributed by atoms with van der Waals surface area (Å²) < 4.78 is 4.83. The van der Waals surface area contributed by atoms with Gasteiger partial charge >= 0.3 is 0 Å². The summed E-state index contributed by atoms with van der Waals surface area (Å²) in [6.07, 6.45) is 2.13.